The molecule has 0 atom stereocenters. The molecule has 27 heavy (non-hydrogen) atoms. The van der Waals surface area contributed by atoms with E-state index < -0.39 is 11.6 Å². The van der Waals surface area contributed by atoms with E-state index in [0.29, 0.717) is 27.3 Å². The van der Waals surface area contributed by atoms with Crippen molar-refractivity contribution in [1.29, 1.82) is 0 Å². The molecule has 6 nitrogen and oxygen atoms in total. The minimum Gasteiger partial charge on any atom is -0.508 e. The first-order valence-electron chi connectivity index (χ1n) is 8.15. The molecule has 7 heteroatoms. The predicted molar refractivity (Wildman–Crippen MR) is 100 cm³/mol. The van der Waals surface area contributed by atoms with Crippen molar-refractivity contribution in [2.24, 2.45) is 0 Å². The van der Waals surface area contributed by atoms with E-state index in [1.165, 1.54) is 12.1 Å². The van der Waals surface area contributed by atoms with Gasteiger partial charge in [-0.1, -0.05) is 17.7 Å². The quantitative estimate of drug-likeness (QED) is 0.527. The third-order valence-electron chi connectivity index (χ3n) is 4.04. The van der Waals surface area contributed by atoms with Crippen LogP contribution in [0.1, 0.15) is 16.7 Å². The topological polar surface area (TPSA) is 86.0 Å². The average Bonchev–Trinajstić information content (AvgIpc) is 2.63. The Labute approximate surface area is 159 Å². The number of fused-ring (bicyclic) bond motifs is 1. The highest BCUT2D eigenvalue weighted by atomic mass is 35.5. The maximum atomic E-state index is 12.0. The van der Waals surface area contributed by atoms with Crippen LogP contribution in [0.3, 0.4) is 0 Å². The van der Waals surface area contributed by atoms with Gasteiger partial charge < -0.3 is 19.0 Å². The zero-order valence-corrected chi connectivity index (χ0v) is 15.5. The number of phenols is 1. The number of ether oxygens (including phenoxy) is 2. The van der Waals surface area contributed by atoms with Gasteiger partial charge in [0.25, 0.3) is 0 Å². The van der Waals surface area contributed by atoms with Gasteiger partial charge in [0.05, 0.1) is 5.02 Å². The van der Waals surface area contributed by atoms with Gasteiger partial charge in [0.15, 0.2) is 6.61 Å². The zero-order chi connectivity index (χ0) is 19.6. The molecule has 0 spiro atoms. The van der Waals surface area contributed by atoms with Gasteiger partial charge in [-0.25, -0.2) is 9.59 Å². The smallest absolute Gasteiger partial charge is 0.344 e. The number of rotatable bonds is 5. The molecule has 0 radical (unpaired) electrons. The lowest BCUT2D eigenvalue weighted by molar-refractivity contribution is -0.147. The molecule has 1 heterocycles. The van der Waals surface area contributed by atoms with E-state index in [-0.39, 0.29) is 24.5 Å². The number of aromatic hydroxyl groups is 1. The number of aryl methyl sites for hydroxylation is 2. The van der Waals surface area contributed by atoms with Crippen molar-refractivity contribution in [2.75, 3.05) is 6.61 Å². The summed E-state index contributed by atoms with van der Waals surface area (Å²) in [5.74, 6) is -0.196. The van der Waals surface area contributed by atoms with Crippen molar-refractivity contribution < 1.29 is 23.8 Å². The number of phenolic OH excluding ortho intramolecular Hbond substituents is 1. The highest BCUT2D eigenvalue weighted by Crippen LogP contribution is 2.28. The molecule has 1 N–H and O–H groups in total. The number of benzene rings is 2. The van der Waals surface area contributed by atoms with E-state index in [1.807, 2.05) is 13.0 Å². The summed E-state index contributed by atoms with van der Waals surface area (Å²) in [6.07, 6.45) is 0. The van der Waals surface area contributed by atoms with Crippen molar-refractivity contribution in [3.05, 3.63) is 68.5 Å². The Hall–Kier alpha value is -2.99. The van der Waals surface area contributed by atoms with Gasteiger partial charge in [-0.05, 0) is 43.7 Å². The van der Waals surface area contributed by atoms with E-state index in [0.717, 1.165) is 5.56 Å². The predicted octanol–water partition coefficient (Wildman–Crippen LogP) is 3.89. The maximum absolute atomic E-state index is 12.0. The first kappa shape index (κ1) is 18.8. The molecule has 0 saturated heterocycles. The van der Waals surface area contributed by atoms with Crippen LogP contribution in [0.4, 0.5) is 0 Å². The summed E-state index contributed by atoms with van der Waals surface area (Å²) in [7, 11) is 0. The SMILES string of the molecule is Cc1ccc(Cl)c(OCC(=O)OCc2cc(=O)oc3c(C)c(O)ccc23)c1. The second-order valence-corrected chi connectivity index (χ2v) is 6.47. The lowest BCUT2D eigenvalue weighted by Gasteiger charge is -2.11. The minimum atomic E-state index is -0.607. The number of hydrogen-bond donors (Lipinski definition) is 1. The van der Waals surface area contributed by atoms with Gasteiger partial charge in [0.2, 0.25) is 0 Å². The monoisotopic (exact) mass is 388 g/mol. The summed E-state index contributed by atoms with van der Waals surface area (Å²) < 4.78 is 15.8. The van der Waals surface area contributed by atoms with Gasteiger partial charge in [-0.2, -0.15) is 0 Å². The first-order valence-corrected chi connectivity index (χ1v) is 8.53. The zero-order valence-electron chi connectivity index (χ0n) is 14.7. The van der Waals surface area contributed by atoms with Gasteiger partial charge in [-0.3, -0.25) is 0 Å². The van der Waals surface area contributed by atoms with E-state index in [4.69, 9.17) is 25.5 Å². The summed E-state index contributed by atoms with van der Waals surface area (Å²) in [6.45, 7) is 3.07. The van der Waals surface area contributed by atoms with Crippen LogP contribution in [0.15, 0.2) is 45.6 Å². The van der Waals surface area contributed by atoms with E-state index in [9.17, 15) is 14.7 Å². The van der Waals surface area contributed by atoms with Gasteiger partial charge in [-0.15, -0.1) is 0 Å². The van der Waals surface area contributed by atoms with Crippen molar-refractivity contribution in [3.63, 3.8) is 0 Å². The molecule has 1 aromatic heterocycles. The summed E-state index contributed by atoms with van der Waals surface area (Å²) in [5.41, 5.74) is 1.53. The van der Waals surface area contributed by atoms with Crippen LogP contribution in [0.2, 0.25) is 5.02 Å². The molecule has 140 valence electrons. The molecule has 0 bridgehead atoms. The number of carbonyl (C=O) groups excluding carboxylic acids is 1. The summed E-state index contributed by atoms with van der Waals surface area (Å²) in [5, 5.41) is 10.7. The number of carbonyl (C=O) groups is 1. The molecule has 0 saturated carbocycles. The van der Waals surface area contributed by atoms with E-state index in [2.05, 4.69) is 0 Å². The van der Waals surface area contributed by atoms with Crippen LogP contribution in [0, 0.1) is 13.8 Å². The normalized spacial score (nSPS) is 10.8. The van der Waals surface area contributed by atoms with Crippen LogP contribution in [-0.2, 0) is 16.1 Å². The van der Waals surface area contributed by atoms with Gasteiger partial charge in [0.1, 0.15) is 23.7 Å². The molecule has 3 aromatic rings. The van der Waals surface area contributed by atoms with Crippen LogP contribution in [-0.4, -0.2) is 17.7 Å². The van der Waals surface area contributed by atoms with E-state index >= 15 is 0 Å². The Morgan fingerprint density at radius 2 is 1.96 bits per heavy atom. The number of halogens is 1. The molecular formula is C20H17ClO6. The molecule has 0 fully saturated rings. The average molecular weight is 389 g/mol. The van der Waals surface area contributed by atoms with E-state index in [1.54, 1.807) is 25.1 Å². The fourth-order valence-corrected chi connectivity index (χ4v) is 2.77. The fraction of sp³-hybridized carbons (Fsp3) is 0.200. The number of esters is 1. The van der Waals surface area contributed by atoms with Crippen molar-refractivity contribution in [1.82, 2.24) is 0 Å². The molecule has 0 amide bonds. The first-order chi connectivity index (χ1) is 12.8. The highest BCUT2D eigenvalue weighted by Gasteiger charge is 2.13. The fourth-order valence-electron chi connectivity index (χ4n) is 2.59. The molecule has 0 aliphatic carbocycles. The highest BCUT2D eigenvalue weighted by molar-refractivity contribution is 6.32. The minimum absolute atomic E-state index is 0.0169. The summed E-state index contributed by atoms with van der Waals surface area (Å²) in [4.78, 5) is 23.8. The van der Waals surface area contributed by atoms with Crippen molar-refractivity contribution in [2.45, 2.75) is 20.5 Å². The summed E-state index contributed by atoms with van der Waals surface area (Å²) in [6, 6.07) is 9.59. The number of hydrogen-bond acceptors (Lipinski definition) is 6. The van der Waals surface area contributed by atoms with Gasteiger partial charge >= 0.3 is 11.6 Å². The lowest BCUT2D eigenvalue weighted by atomic mass is 10.1. The largest absolute Gasteiger partial charge is 0.508 e. The lowest BCUT2D eigenvalue weighted by Crippen LogP contribution is -2.15. The Kier molecular flexibility index (Phi) is 5.37. The van der Waals surface area contributed by atoms with Crippen molar-refractivity contribution in [3.8, 4) is 11.5 Å². The van der Waals surface area contributed by atoms with Crippen LogP contribution in [0.5, 0.6) is 11.5 Å². The third-order valence-corrected chi connectivity index (χ3v) is 4.35. The molecule has 0 unspecified atom stereocenters. The molecule has 0 aliphatic rings. The standard InChI is InChI=1S/C20H17ClO6/c1-11-3-5-15(21)17(7-11)25-10-19(24)26-9-13-8-18(23)27-20-12(2)16(22)6-4-14(13)20/h3-8,22H,9-10H2,1-2H3. The van der Waals surface area contributed by atoms with Crippen LogP contribution < -0.4 is 10.4 Å². The Bertz CT molecular complexity index is 1070. The Morgan fingerprint density at radius 3 is 2.74 bits per heavy atom. The summed E-state index contributed by atoms with van der Waals surface area (Å²) >= 11 is 6.02. The molecule has 2 aromatic carbocycles. The Morgan fingerprint density at radius 1 is 1.19 bits per heavy atom. The second-order valence-electron chi connectivity index (χ2n) is 6.06. The maximum Gasteiger partial charge on any atom is 0.344 e. The second kappa shape index (κ2) is 7.72. The Balaban J connectivity index is 1.71. The molecule has 0 aliphatic heterocycles. The van der Waals surface area contributed by atoms with Crippen LogP contribution >= 0.6 is 11.6 Å². The van der Waals surface area contributed by atoms with Gasteiger partial charge in [0, 0.05) is 22.6 Å². The molecular weight excluding hydrogens is 372 g/mol. The molecule has 3 rings (SSSR count). The van der Waals surface area contributed by atoms with Crippen molar-refractivity contribution >= 4 is 28.5 Å². The van der Waals surface area contributed by atoms with Crippen LogP contribution in [0.25, 0.3) is 11.0 Å². The third kappa shape index (κ3) is 4.23.